The number of sulfonamides is 1. The van der Waals surface area contributed by atoms with Gasteiger partial charge in [-0.1, -0.05) is 55.0 Å². The highest BCUT2D eigenvalue weighted by molar-refractivity contribution is 7.89. The van der Waals surface area contributed by atoms with Crippen LogP contribution in [0.25, 0.3) is 11.0 Å². The van der Waals surface area contributed by atoms with Crippen LogP contribution in [0.1, 0.15) is 41.2 Å². The Labute approximate surface area is 216 Å². The monoisotopic (exact) mass is 519 g/mol. The van der Waals surface area contributed by atoms with Crippen LogP contribution >= 0.6 is 0 Å². The molecule has 192 valence electrons. The van der Waals surface area contributed by atoms with E-state index < -0.39 is 27.7 Å². The Morgan fingerprint density at radius 1 is 0.946 bits per heavy atom. The zero-order valence-electron chi connectivity index (χ0n) is 21.2. The van der Waals surface area contributed by atoms with E-state index in [0.29, 0.717) is 23.1 Å². The second kappa shape index (κ2) is 10.7. The first-order chi connectivity index (χ1) is 17.6. The Balaban J connectivity index is 1.59. The molecule has 0 amide bonds. The fourth-order valence-corrected chi connectivity index (χ4v) is 5.40. The summed E-state index contributed by atoms with van der Waals surface area (Å²) in [7, 11) is -3.92. The summed E-state index contributed by atoms with van der Waals surface area (Å²) in [5.74, 6) is -0.552. The lowest BCUT2D eigenvalue weighted by Gasteiger charge is -2.17. The first kappa shape index (κ1) is 26.3. The lowest BCUT2D eigenvalue weighted by molar-refractivity contribution is -0.136. The maximum Gasteiger partial charge on any atom is 0.340 e. The minimum Gasteiger partial charge on any atom is -0.425 e. The summed E-state index contributed by atoms with van der Waals surface area (Å²) >= 11 is 0. The predicted molar refractivity (Wildman–Crippen MR) is 142 cm³/mol. The number of benzene rings is 3. The number of hydrogen-bond acceptors (Lipinski definition) is 6. The number of ether oxygens (including phenoxy) is 1. The van der Waals surface area contributed by atoms with Crippen LogP contribution in [0.2, 0.25) is 0 Å². The van der Waals surface area contributed by atoms with E-state index in [1.165, 1.54) is 12.1 Å². The summed E-state index contributed by atoms with van der Waals surface area (Å²) in [6.45, 7) is 7.11. The largest absolute Gasteiger partial charge is 0.425 e. The molecule has 0 saturated heterocycles. The van der Waals surface area contributed by atoms with Crippen LogP contribution in [0, 0.1) is 20.8 Å². The molecule has 0 aliphatic heterocycles. The van der Waals surface area contributed by atoms with Crippen LogP contribution < -0.4 is 15.1 Å². The fraction of sp³-hybridized carbons (Fsp3) is 0.241. The van der Waals surface area contributed by atoms with E-state index in [1.807, 2.05) is 44.2 Å². The molecule has 1 N–H and O–H groups in total. The van der Waals surface area contributed by atoms with Crippen molar-refractivity contribution in [3.8, 4) is 5.75 Å². The molecule has 1 atom stereocenters. The highest BCUT2D eigenvalue weighted by Crippen LogP contribution is 2.30. The number of carbonyl (C=O) groups excluding carboxylic acids is 1. The van der Waals surface area contributed by atoms with Gasteiger partial charge in [-0.15, -0.1) is 0 Å². The van der Waals surface area contributed by atoms with E-state index in [2.05, 4.69) is 4.72 Å². The van der Waals surface area contributed by atoms with Gasteiger partial charge in [-0.25, -0.2) is 18.0 Å². The van der Waals surface area contributed by atoms with Gasteiger partial charge in [0, 0.05) is 22.9 Å². The average molecular weight is 520 g/mol. The lowest BCUT2D eigenvalue weighted by atomic mass is 9.98. The molecule has 1 aromatic heterocycles. The van der Waals surface area contributed by atoms with Gasteiger partial charge in [0.1, 0.15) is 17.4 Å². The molecule has 0 aliphatic rings. The van der Waals surface area contributed by atoms with Crippen LogP contribution in [0.3, 0.4) is 0 Å². The van der Waals surface area contributed by atoms with Crippen molar-refractivity contribution in [1.29, 1.82) is 0 Å². The van der Waals surface area contributed by atoms with Crippen LogP contribution in [0.5, 0.6) is 5.75 Å². The molecule has 0 fully saturated rings. The van der Waals surface area contributed by atoms with Crippen LogP contribution in [-0.2, 0) is 21.2 Å². The molecule has 0 spiro atoms. The van der Waals surface area contributed by atoms with Gasteiger partial charge in [0.2, 0.25) is 10.0 Å². The van der Waals surface area contributed by atoms with Gasteiger partial charge < -0.3 is 9.15 Å². The molecule has 0 bridgehead atoms. The average Bonchev–Trinajstić information content (AvgIpc) is 2.88. The molecule has 0 aliphatic carbocycles. The smallest absolute Gasteiger partial charge is 0.340 e. The van der Waals surface area contributed by atoms with Gasteiger partial charge in [-0.2, -0.15) is 4.72 Å². The van der Waals surface area contributed by atoms with Gasteiger partial charge in [-0.3, -0.25) is 0 Å². The Kier molecular flexibility index (Phi) is 7.61. The number of fused-ring (bicyclic) bond motifs is 1. The number of hydrogen-bond donors (Lipinski definition) is 1. The molecule has 3 aromatic carbocycles. The van der Waals surface area contributed by atoms with E-state index in [-0.39, 0.29) is 17.1 Å². The van der Waals surface area contributed by atoms with Gasteiger partial charge in [0.15, 0.2) is 0 Å². The zero-order chi connectivity index (χ0) is 26.7. The molecule has 1 heterocycles. The summed E-state index contributed by atoms with van der Waals surface area (Å²) < 4.78 is 39.3. The minimum absolute atomic E-state index is 0.0646. The van der Waals surface area contributed by atoms with E-state index in [1.54, 1.807) is 38.1 Å². The minimum atomic E-state index is -3.92. The number of aryl methyl sites for hydroxylation is 3. The summed E-state index contributed by atoms with van der Waals surface area (Å²) in [6, 6.07) is 18.3. The molecule has 0 radical (unpaired) electrons. The van der Waals surface area contributed by atoms with E-state index in [0.717, 1.165) is 22.1 Å². The molecule has 0 saturated carbocycles. The van der Waals surface area contributed by atoms with E-state index in [4.69, 9.17) is 9.15 Å². The van der Waals surface area contributed by atoms with E-state index in [9.17, 15) is 18.0 Å². The Morgan fingerprint density at radius 3 is 2.27 bits per heavy atom. The maximum atomic E-state index is 12.9. The third-order valence-electron chi connectivity index (χ3n) is 6.41. The SMILES string of the molecule is CC[C@@H](NS(=O)(=O)c1ccc(C)cc1)C(=O)Oc1ccc2c(C)c(Cc3ccccc3)c(=O)oc2c1C. The molecule has 4 aromatic rings. The number of esters is 1. The van der Waals surface area contributed by atoms with Crippen molar-refractivity contribution in [3.63, 3.8) is 0 Å². The fourth-order valence-electron chi connectivity index (χ4n) is 4.14. The van der Waals surface area contributed by atoms with Crippen LogP contribution in [0.4, 0.5) is 0 Å². The summed E-state index contributed by atoms with van der Waals surface area (Å²) in [4.78, 5) is 25.9. The van der Waals surface area contributed by atoms with Crippen molar-refractivity contribution in [2.45, 2.75) is 51.5 Å². The second-order valence-electron chi connectivity index (χ2n) is 9.04. The molecule has 8 heteroatoms. The van der Waals surface area contributed by atoms with Crippen molar-refractivity contribution >= 4 is 27.0 Å². The van der Waals surface area contributed by atoms with Crippen LogP contribution in [-0.4, -0.2) is 20.4 Å². The molecule has 0 unspecified atom stereocenters. The maximum absolute atomic E-state index is 12.9. The van der Waals surface area contributed by atoms with Gasteiger partial charge in [0.25, 0.3) is 0 Å². The Hall–Kier alpha value is -3.75. The van der Waals surface area contributed by atoms with Gasteiger partial charge in [-0.05, 0) is 62.6 Å². The van der Waals surface area contributed by atoms with E-state index >= 15 is 0 Å². The molecule has 4 rings (SSSR count). The summed E-state index contributed by atoms with van der Waals surface area (Å²) in [6.07, 6.45) is 0.633. The summed E-state index contributed by atoms with van der Waals surface area (Å²) in [5.41, 5.74) is 3.65. The number of nitrogens with one attached hydrogen (secondary N) is 1. The number of carbonyl (C=O) groups is 1. The van der Waals surface area contributed by atoms with Crippen molar-refractivity contribution in [2.75, 3.05) is 0 Å². The quantitative estimate of drug-likeness (QED) is 0.200. The normalized spacial score (nSPS) is 12.4. The molecule has 7 nitrogen and oxygen atoms in total. The first-order valence-corrected chi connectivity index (χ1v) is 13.5. The summed E-state index contributed by atoms with van der Waals surface area (Å²) in [5, 5.41) is 0.745. The Morgan fingerprint density at radius 2 is 1.62 bits per heavy atom. The predicted octanol–water partition coefficient (Wildman–Crippen LogP) is 4.97. The molecular formula is C29H29NO6S. The van der Waals surface area contributed by atoms with Gasteiger partial charge in [0.05, 0.1) is 4.90 Å². The third-order valence-corrected chi connectivity index (χ3v) is 7.90. The molecule has 37 heavy (non-hydrogen) atoms. The van der Waals surface area contributed by atoms with Crippen molar-refractivity contribution in [2.24, 2.45) is 0 Å². The number of rotatable bonds is 8. The van der Waals surface area contributed by atoms with Crippen molar-refractivity contribution in [1.82, 2.24) is 4.72 Å². The molecular weight excluding hydrogens is 490 g/mol. The first-order valence-electron chi connectivity index (χ1n) is 12.0. The third kappa shape index (κ3) is 5.65. The van der Waals surface area contributed by atoms with Crippen molar-refractivity contribution in [3.05, 3.63) is 105 Å². The van der Waals surface area contributed by atoms with Gasteiger partial charge >= 0.3 is 11.6 Å². The lowest BCUT2D eigenvalue weighted by Crippen LogP contribution is -2.42. The highest BCUT2D eigenvalue weighted by Gasteiger charge is 2.27. The standard InChI is InChI=1S/C29H29NO6S/c1-5-25(30-37(33,34)22-13-11-18(2)12-14-22)29(32)35-26-16-15-23-19(3)24(17-21-9-7-6-8-10-21)28(31)36-27(23)20(26)4/h6-16,25,30H,5,17H2,1-4H3/t25-/m1/s1. The second-order valence-corrected chi connectivity index (χ2v) is 10.8. The topological polar surface area (TPSA) is 103 Å². The zero-order valence-corrected chi connectivity index (χ0v) is 22.0. The Bertz CT molecular complexity index is 1610. The highest BCUT2D eigenvalue weighted by atomic mass is 32.2. The van der Waals surface area contributed by atoms with Crippen molar-refractivity contribution < 1.29 is 22.4 Å². The van der Waals surface area contributed by atoms with Crippen LogP contribution in [0.15, 0.2) is 80.8 Å².